The van der Waals surface area contributed by atoms with Crippen LogP contribution in [0.4, 0.5) is 17.1 Å². The molecular weight excluding hydrogens is 558 g/mol. The highest BCUT2D eigenvalue weighted by atomic mass is 32.2. The molecule has 8 heteroatoms. The van der Waals surface area contributed by atoms with Gasteiger partial charge in [0, 0.05) is 17.9 Å². The summed E-state index contributed by atoms with van der Waals surface area (Å²) in [4.78, 5) is 18.4. The number of ether oxygens (including phenoxy) is 1. The van der Waals surface area contributed by atoms with Crippen molar-refractivity contribution in [2.24, 2.45) is 0 Å². The SMILES string of the molecule is COc1ccc(N2C(=O)c3cc(S(=O)(=O)Nc4ccc(C)cc4)ccc3N(Cc3ccccc3)[C@H]2c2ccccc2)cc1. The first kappa shape index (κ1) is 28.1. The molecule has 0 aliphatic carbocycles. The third-order valence-corrected chi connectivity index (χ3v) is 8.90. The van der Waals surface area contributed by atoms with Crippen LogP contribution in [0.2, 0.25) is 0 Å². The van der Waals surface area contributed by atoms with Crippen LogP contribution in [0.5, 0.6) is 5.75 Å². The first-order valence-electron chi connectivity index (χ1n) is 13.9. The summed E-state index contributed by atoms with van der Waals surface area (Å²) in [6, 6.07) is 39.1. The number of amides is 1. The van der Waals surface area contributed by atoms with Crippen LogP contribution < -0.4 is 19.3 Å². The zero-order valence-corrected chi connectivity index (χ0v) is 24.7. The van der Waals surface area contributed by atoms with Crippen LogP contribution in [0, 0.1) is 6.92 Å². The van der Waals surface area contributed by atoms with Gasteiger partial charge in [-0.2, -0.15) is 0 Å². The Balaban J connectivity index is 1.51. The van der Waals surface area contributed by atoms with Gasteiger partial charge in [-0.1, -0.05) is 78.4 Å². The molecule has 1 aliphatic rings. The molecule has 0 radical (unpaired) electrons. The van der Waals surface area contributed by atoms with E-state index in [1.54, 1.807) is 36.3 Å². The van der Waals surface area contributed by atoms with Gasteiger partial charge in [-0.25, -0.2) is 8.42 Å². The normalized spacial score (nSPS) is 14.7. The van der Waals surface area contributed by atoms with Crippen LogP contribution in [0.3, 0.4) is 0 Å². The molecule has 0 unspecified atom stereocenters. The zero-order chi connectivity index (χ0) is 30.0. The lowest BCUT2D eigenvalue weighted by Gasteiger charge is -2.46. The number of benzene rings is 5. The monoisotopic (exact) mass is 589 g/mol. The zero-order valence-electron chi connectivity index (χ0n) is 23.8. The van der Waals surface area contributed by atoms with E-state index < -0.39 is 16.2 Å². The quantitative estimate of drug-likeness (QED) is 0.208. The molecule has 5 aromatic carbocycles. The number of hydrogen-bond acceptors (Lipinski definition) is 5. The minimum Gasteiger partial charge on any atom is -0.497 e. The highest BCUT2D eigenvalue weighted by Gasteiger charge is 2.40. The fraction of sp³-hybridized carbons (Fsp3) is 0.114. The van der Waals surface area contributed by atoms with Crippen LogP contribution in [-0.4, -0.2) is 21.4 Å². The molecule has 216 valence electrons. The number of carbonyl (C=O) groups is 1. The number of nitrogens with one attached hydrogen (secondary N) is 1. The van der Waals surface area contributed by atoms with Crippen LogP contribution in [0.25, 0.3) is 0 Å². The van der Waals surface area contributed by atoms with E-state index in [0.29, 0.717) is 34.9 Å². The number of hydrogen-bond donors (Lipinski definition) is 1. The number of sulfonamides is 1. The predicted octanol–water partition coefficient (Wildman–Crippen LogP) is 7.17. The third-order valence-electron chi connectivity index (χ3n) is 7.52. The van der Waals surface area contributed by atoms with Gasteiger partial charge < -0.3 is 9.64 Å². The first-order chi connectivity index (χ1) is 20.8. The summed E-state index contributed by atoms with van der Waals surface area (Å²) in [7, 11) is -2.38. The second-order valence-corrected chi connectivity index (χ2v) is 12.1. The smallest absolute Gasteiger partial charge is 0.262 e. The summed E-state index contributed by atoms with van der Waals surface area (Å²) in [5.41, 5.74) is 5.06. The van der Waals surface area contributed by atoms with Gasteiger partial charge >= 0.3 is 0 Å². The summed E-state index contributed by atoms with van der Waals surface area (Å²) in [6.45, 7) is 2.42. The van der Waals surface area contributed by atoms with Crippen LogP contribution in [0.15, 0.2) is 132 Å². The number of fused-ring (bicyclic) bond motifs is 1. The molecule has 0 spiro atoms. The van der Waals surface area contributed by atoms with Crippen molar-refractivity contribution in [2.45, 2.75) is 24.5 Å². The van der Waals surface area contributed by atoms with Crippen molar-refractivity contribution in [3.8, 4) is 5.75 Å². The van der Waals surface area contributed by atoms with E-state index in [1.807, 2.05) is 104 Å². The molecule has 1 atom stereocenters. The maximum Gasteiger partial charge on any atom is 0.262 e. The van der Waals surface area contributed by atoms with Crippen LogP contribution >= 0.6 is 0 Å². The van der Waals surface area contributed by atoms with E-state index in [1.165, 1.54) is 6.07 Å². The lowest BCUT2D eigenvalue weighted by atomic mass is 9.99. The topological polar surface area (TPSA) is 78.9 Å². The Morgan fingerprint density at radius 1 is 0.791 bits per heavy atom. The summed E-state index contributed by atoms with van der Waals surface area (Å²) in [6.07, 6.45) is -0.497. The molecule has 0 saturated heterocycles. The molecule has 1 N–H and O–H groups in total. The standard InChI is InChI=1S/C35H31N3O4S/c1-25-13-15-28(16-14-25)36-43(40,41)31-21-22-33-32(23-31)35(39)38(29-17-19-30(42-2)20-18-29)34(27-11-7-4-8-12-27)37(33)24-26-9-5-3-6-10-26/h3-23,34,36H,24H2,1-2H3/t34-/m1/s1. The molecule has 0 bridgehead atoms. The molecule has 1 heterocycles. The number of aryl methyl sites for hydroxylation is 1. The summed E-state index contributed by atoms with van der Waals surface area (Å²) >= 11 is 0. The molecule has 0 fully saturated rings. The van der Waals surface area contributed by atoms with Gasteiger partial charge in [0.2, 0.25) is 0 Å². The highest BCUT2D eigenvalue weighted by molar-refractivity contribution is 7.92. The maximum absolute atomic E-state index is 14.5. The van der Waals surface area contributed by atoms with E-state index in [4.69, 9.17) is 4.74 Å². The largest absolute Gasteiger partial charge is 0.497 e. The lowest BCUT2D eigenvalue weighted by Crippen LogP contribution is -2.49. The molecule has 0 saturated carbocycles. The van der Waals surface area contributed by atoms with Gasteiger partial charge in [-0.15, -0.1) is 0 Å². The van der Waals surface area contributed by atoms with Crippen molar-refractivity contribution in [1.29, 1.82) is 0 Å². The lowest BCUT2D eigenvalue weighted by molar-refractivity contribution is 0.0968. The van der Waals surface area contributed by atoms with Crippen molar-refractivity contribution >= 4 is 33.0 Å². The van der Waals surface area contributed by atoms with Gasteiger partial charge in [0.05, 0.1) is 23.3 Å². The van der Waals surface area contributed by atoms with Crippen molar-refractivity contribution in [3.05, 3.63) is 150 Å². The summed E-state index contributed by atoms with van der Waals surface area (Å²) in [5.74, 6) is 0.368. The van der Waals surface area contributed by atoms with Crippen LogP contribution in [-0.2, 0) is 16.6 Å². The fourth-order valence-corrected chi connectivity index (χ4v) is 6.44. The molecule has 1 amide bonds. The fourth-order valence-electron chi connectivity index (χ4n) is 5.36. The Bertz CT molecular complexity index is 1840. The Labute approximate surface area is 252 Å². The van der Waals surface area contributed by atoms with Gasteiger partial charge in [0.15, 0.2) is 0 Å². The summed E-state index contributed by atoms with van der Waals surface area (Å²) < 4.78 is 35.0. The molecule has 5 aromatic rings. The second kappa shape index (κ2) is 11.7. The van der Waals surface area contributed by atoms with Crippen LogP contribution in [0.1, 0.15) is 33.2 Å². The highest BCUT2D eigenvalue weighted by Crippen LogP contribution is 2.43. The predicted molar refractivity (Wildman–Crippen MR) is 170 cm³/mol. The van der Waals surface area contributed by atoms with Crippen molar-refractivity contribution in [1.82, 2.24) is 0 Å². The second-order valence-electron chi connectivity index (χ2n) is 10.4. The number of methoxy groups -OCH3 is 1. The van der Waals surface area contributed by atoms with E-state index in [0.717, 1.165) is 16.7 Å². The molecule has 0 aromatic heterocycles. The number of nitrogens with zero attached hydrogens (tertiary/aromatic N) is 2. The molecule has 1 aliphatic heterocycles. The van der Waals surface area contributed by atoms with E-state index in [2.05, 4.69) is 9.62 Å². The molecule has 43 heavy (non-hydrogen) atoms. The van der Waals surface area contributed by atoms with Gasteiger partial charge in [-0.05, 0) is 72.6 Å². The minimum atomic E-state index is -3.97. The van der Waals surface area contributed by atoms with E-state index in [-0.39, 0.29) is 10.8 Å². The molecule has 6 rings (SSSR count). The Morgan fingerprint density at radius 3 is 2.09 bits per heavy atom. The number of carbonyl (C=O) groups excluding carboxylic acids is 1. The van der Waals surface area contributed by atoms with Gasteiger partial charge in [0.1, 0.15) is 11.9 Å². The first-order valence-corrected chi connectivity index (χ1v) is 15.4. The Hall–Kier alpha value is -5.08. The molecule has 7 nitrogen and oxygen atoms in total. The van der Waals surface area contributed by atoms with Crippen molar-refractivity contribution < 1.29 is 17.9 Å². The average molecular weight is 590 g/mol. The Kier molecular flexibility index (Phi) is 7.61. The Morgan fingerprint density at radius 2 is 1.44 bits per heavy atom. The third kappa shape index (κ3) is 5.69. The average Bonchev–Trinajstić information content (AvgIpc) is 3.04. The number of rotatable bonds is 8. The van der Waals surface area contributed by atoms with Crippen molar-refractivity contribution in [2.75, 3.05) is 21.6 Å². The maximum atomic E-state index is 14.5. The van der Waals surface area contributed by atoms with Gasteiger partial charge in [-0.3, -0.25) is 14.4 Å². The van der Waals surface area contributed by atoms with E-state index in [9.17, 15) is 13.2 Å². The minimum absolute atomic E-state index is 0.00711. The van der Waals surface area contributed by atoms with E-state index >= 15 is 0 Å². The van der Waals surface area contributed by atoms with Crippen molar-refractivity contribution in [3.63, 3.8) is 0 Å². The number of anilines is 3. The van der Waals surface area contributed by atoms with Gasteiger partial charge in [0.25, 0.3) is 15.9 Å². The summed E-state index contributed by atoms with van der Waals surface area (Å²) in [5, 5.41) is 0. The molecular formula is C35H31N3O4S.